The fraction of sp³-hybridized carbons (Fsp3) is 0.133. The molecule has 0 spiro atoms. The van der Waals surface area contributed by atoms with E-state index < -0.39 is 0 Å². The second-order valence-corrected chi connectivity index (χ2v) is 4.57. The van der Waals surface area contributed by atoms with Crippen LogP contribution >= 0.6 is 0 Å². The van der Waals surface area contributed by atoms with Gasteiger partial charge in [-0.2, -0.15) is 0 Å². The molecule has 5 N–H and O–H groups in total. The van der Waals surface area contributed by atoms with Crippen molar-refractivity contribution in [1.82, 2.24) is 5.32 Å². The van der Waals surface area contributed by atoms with E-state index >= 15 is 0 Å². The molecule has 0 unspecified atom stereocenters. The molecule has 0 saturated heterocycles. The first kappa shape index (κ1) is 13.7. The van der Waals surface area contributed by atoms with Crippen molar-refractivity contribution in [1.29, 1.82) is 0 Å². The highest BCUT2D eigenvalue weighted by Crippen LogP contribution is 2.20. The third-order valence-corrected chi connectivity index (χ3v) is 3.00. The molecule has 0 heterocycles. The fourth-order valence-corrected chi connectivity index (χ4v) is 1.82. The smallest absolute Gasteiger partial charge is 0.251 e. The summed E-state index contributed by atoms with van der Waals surface area (Å²) in [6.45, 7) is 1.89. The summed E-state index contributed by atoms with van der Waals surface area (Å²) < 4.78 is 0. The van der Waals surface area contributed by atoms with E-state index in [1.54, 1.807) is 25.1 Å². The van der Waals surface area contributed by atoms with Gasteiger partial charge in [-0.3, -0.25) is 4.79 Å². The Morgan fingerprint density at radius 1 is 1.15 bits per heavy atom. The molecule has 0 aliphatic heterocycles. The van der Waals surface area contributed by atoms with Gasteiger partial charge in [0.05, 0.1) is 0 Å². The van der Waals surface area contributed by atoms with E-state index in [0.717, 1.165) is 0 Å². The first-order chi connectivity index (χ1) is 9.47. The highest BCUT2D eigenvalue weighted by molar-refractivity contribution is 5.94. The first-order valence-electron chi connectivity index (χ1n) is 6.12. The van der Waals surface area contributed by atoms with Gasteiger partial charge >= 0.3 is 0 Å². The third-order valence-electron chi connectivity index (χ3n) is 3.00. The van der Waals surface area contributed by atoms with Crippen LogP contribution in [0.3, 0.4) is 0 Å². The fourth-order valence-electron chi connectivity index (χ4n) is 1.82. The lowest BCUT2D eigenvalue weighted by Crippen LogP contribution is -2.22. The SMILES string of the molecule is Cc1cc(C(=O)NCc2cc(N)ccc2O)ccc1O. The van der Waals surface area contributed by atoms with Gasteiger partial charge in [-0.25, -0.2) is 0 Å². The summed E-state index contributed by atoms with van der Waals surface area (Å²) in [6, 6.07) is 9.30. The average Bonchev–Trinajstić information content (AvgIpc) is 2.42. The van der Waals surface area contributed by atoms with E-state index in [4.69, 9.17) is 5.73 Å². The van der Waals surface area contributed by atoms with Gasteiger partial charge in [0.15, 0.2) is 0 Å². The summed E-state index contributed by atoms with van der Waals surface area (Å²) in [5.74, 6) is -0.0497. The van der Waals surface area contributed by atoms with Gasteiger partial charge in [-0.15, -0.1) is 0 Å². The van der Waals surface area contributed by atoms with Gasteiger partial charge in [-0.05, 0) is 48.9 Å². The summed E-state index contributed by atoms with van der Waals surface area (Å²) >= 11 is 0. The number of nitrogens with two attached hydrogens (primary N) is 1. The van der Waals surface area contributed by atoms with Gasteiger partial charge in [0.1, 0.15) is 11.5 Å². The van der Waals surface area contributed by atoms with Crippen molar-refractivity contribution in [2.24, 2.45) is 0 Å². The van der Waals surface area contributed by atoms with Gasteiger partial charge < -0.3 is 21.3 Å². The second-order valence-electron chi connectivity index (χ2n) is 4.57. The zero-order chi connectivity index (χ0) is 14.7. The van der Waals surface area contributed by atoms with Crippen LogP contribution in [0.2, 0.25) is 0 Å². The number of aromatic hydroxyl groups is 2. The molecule has 0 fully saturated rings. The molecule has 0 aliphatic carbocycles. The van der Waals surface area contributed by atoms with Gasteiger partial charge in [0.25, 0.3) is 5.91 Å². The minimum Gasteiger partial charge on any atom is -0.508 e. The molecule has 0 aliphatic rings. The number of aryl methyl sites for hydroxylation is 1. The monoisotopic (exact) mass is 272 g/mol. The van der Waals surface area contributed by atoms with Gasteiger partial charge in [0.2, 0.25) is 0 Å². The molecule has 1 amide bonds. The van der Waals surface area contributed by atoms with Crippen molar-refractivity contribution in [3.05, 3.63) is 53.1 Å². The van der Waals surface area contributed by atoms with Crippen LogP contribution in [0.25, 0.3) is 0 Å². The van der Waals surface area contributed by atoms with Gasteiger partial charge in [-0.1, -0.05) is 0 Å². The summed E-state index contributed by atoms with van der Waals surface area (Å²) in [6.07, 6.45) is 0. The van der Waals surface area contributed by atoms with E-state index in [1.165, 1.54) is 18.2 Å². The van der Waals surface area contributed by atoms with Crippen LogP contribution in [0, 0.1) is 6.92 Å². The number of benzene rings is 2. The molecule has 2 rings (SSSR count). The Balaban J connectivity index is 2.08. The number of carbonyl (C=O) groups excluding carboxylic acids is 1. The Kier molecular flexibility index (Phi) is 3.79. The normalized spacial score (nSPS) is 10.2. The maximum absolute atomic E-state index is 12.0. The Morgan fingerprint density at radius 2 is 1.85 bits per heavy atom. The van der Waals surface area contributed by atoms with E-state index in [2.05, 4.69) is 5.32 Å². The Hall–Kier alpha value is -2.69. The zero-order valence-electron chi connectivity index (χ0n) is 11.1. The van der Waals surface area contributed by atoms with Crippen LogP contribution in [0.15, 0.2) is 36.4 Å². The quantitative estimate of drug-likeness (QED) is 0.507. The molecule has 5 nitrogen and oxygen atoms in total. The van der Waals surface area contributed by atoms with Crippen molar-refractivity contribution in [3.8, 4) is 11.5 Å². The third kappa shape index (κ3) is 3.00. The topological polar surface area (TPSA) is 95.6 Å². The number of phenols is 2. The number of nitrogen functional groups attached to an aromatic ring is 1. The molecule has 0 radical (unpaired) electrons. The number of nitrogens with one attached hydrogen (secondary N) is 1. The molecule has 0 aromatic heterocycles. The largest absolute Gasteiger partial charge is 0.508 e. The lowest BCUT2D eigenvalue weighted by molar-refractivity contribution is 0.0950. The Labute approximate surface area is 116 Å². The standard InChI is InChI=1S/C15H16N2O3/c1-9-6-10(2-4-13(9)18)15(20)17-8-11-7-12(16)3-5-14(11)19/h2-7,18-19H,8,16H2,1H3,(H,17,20). The first-order valence-corrected chi connectivity index (χ1v) is 6.12. The molecule has 2 aromatic carbocycles. The molecule has 20 heavy (non-hydrogen) atoms. The number of carbonyl (C=O) groups is 1. The van der Waals surface area contributed by atoms with Crippen LogP contribution in [0.4, 0.5) is 5.69 Å². The van der Waals surface area contributed by atoms with Crippen LogP contribution < -0.4 is 11.1 Å². The molecule has 0 bridgehead atoms. The molecule has 104 valence electrons. The Morgan fingerprint density at radius 3 is 2.55 bits per heavy atom. The van der Waals surface area contributed by atoms with E-state index in [1.807, 2.05) is 0 Å². The minimum absolute atomic E-state index is 0.0846. The summed E-state index contributed by atoms with van der Waals surface area (Å²) in [7, 11) is 0. The lowest BCUT2D eigenvalue weighted by atomic mass is 10.1. The van der Waals surface area contributed by atoms with E-state index in [0.29, 0.717) is 22.4 Å². The predicted octanol–water partition coefficient (Wildman–Crippen LogP) is 1.92. The number of anilines is 1. The highest BCUT2D eigenvalue weighted by Gasteiger charge is 2.09. The van der Waals surface area contributed by atoms with Crippen molar-refractivity contribution in [3.63, 3.8) is 0 Å². The second kappa shape index (κ2) is 5.52. The number of rotatable bonds is 3. The Bertz CT molecular complexity index is 654. The molecular weight excluding hydrogens is 256 g/mol. The maximum Gasteiger partial charge on any atom is 0.251 e. The summed E-state index contributed by atoms with van der Waals surface area (Å²) in [4.78, 5) is 12.0. The molecule has 0 atom stereocenters. The van der Waals surface area contributed by atoms with Crippen LogP contribution in [-0.4, -0.2) is 16.1 Å². The predicted molar refractivity (Wildman–Crippen MR) is 76.5 cm³/mol. The minimum atomic E-state index is -0.282. The van der Waals surface area contributed by atoms with Crippen LogP contribution in [-0.2, 0) is 6.54 Å². The zero-order valence-corrected chi connectivity index (χ0v) is 11.1. The van der Waals surface area contributed by atoms with Crippen molar-refractivity contribution in [2.45, 2.75) is 13.5 Å². The number of phenolic OH excluding ortho intramolecular Hbond substituents is 2. The number of hydrogen-bond donors (Lipinski definition) is 4. The average molecular weight is 272 g/mol. The molecule has 5 heteroatoms. The molecular formula is C15H16N2O3. The van der Waals surface area contributed by atoms with Crippen LogP contribution in [0.5, 0.6) is 11.5 Å². The van der Waals surface area contributed by atoms with Crippen molar-refractivity contribution in [2.75, 3.05) is 5.73 Å². The van der Waals surface area contributed by atoms with E-state index in [9.17, 15) is 15.0 Å². The van der Waals surface area contributed by atoms with Gasteiger partial charge in [0, 0.05) is 23.4 Å². The maximum atomic E-state index is 12.0. The number of amides is 1. The van der Waals surface area contributed by atoms with Crippen LogP contribution in [0.1, 0.15) is 21.5 Å². The van der Waals surface area contributed by atoms with E-state index in [-0.39, 0.29) is 24.0 Å². The van der Waals surface area contributed by atoms with Crippen molar-refractivity contribution < 1.29 is 15.0 Å². The lowest BCUT2D eigenvalue weighted by Gasteiger charge is -2.09. The number of hydrogen-bond acceptors (Lipinski definition) is 4. The molecule has 2 aromatic rings. The summed E-state index contributed by atoms with van der Waals surface area (Å²) in [5, 5.41) is 21.8. The highest BCUT2D eigenvalue weighted by atomic mass is 16.3. The molecule has 0 saturated carbocycles. The van der Waals surface area contributed by atoms with Crippen molar-refractivity contribution >= 4 is 11.6 Å². The summed E-state index contributed by atoms with van der Waals surface area (Å²) in [5.41, 5.74) is 7.78.